The van der Waals surface area contributed by atoms with Gasteiger partial charge in [-0.1, -0.05) is 35.9 Å². The van der Waals surface area contributed by atoms with E-state index >= 15 is 0 Å². The van der Waals surface area contributed by atoms with Crippen molar-refractivity contribution >= 4 is 50.7 Å². The number of hydrogen-bond donors (Lipinski definition) is 3. The molecule has 0 saturated carbocycles. The molecule has 0 radical (unpaired) electrons. The molecule has 0 aliphatic rings. The van der Waals surface area contributed by atoms with Crippen LogP contribution in [0.25, 0.3) is 32.6 Å². The Morgan fingerprint density at radius 3 is 2.29 bits per heavy atom. The van der Waals surface area contributed by atoms with Gasteiger partial charge in [-0.05, 0) is 47.5 Å². The van der Waals surface area contributed by atoms with Crippen molar-refractivity contribution in [3.05, 3.63) is 87.8 Å². The Labute approximate surface area is 220 Å². The van der Waals surface area contributed by atoms with Crippen LogP contribution in [-0.2, 0) is 6.18 Å². The molecule has 4 N–H and O–H groups in total. The average Bonchev–Trinajstić information content (AvgIpc) is 3.50. The third kappa shape index (κ3) is 4.83. The van der Waals surface area contributed by atoms with Gasteiger partial charge in [0.1, 0.15) is 26.9 Å². The van der Waals surface area contributed by atoms with Crippen LogP contribution in [0.5, 0.6) is 0 Å². The highest BCUT2D eigenvalue weighted by molar-refractivity contribution is 7.21. The predicted octanol–water partition coefficient (Wildman–Crippen LogP) is 6.52. The number of carbonyl (C=O) groups is 2. The molecule has 3 heterocycles. The molecule has 0 bridgehead atoms. The first-order chi connectivity index (χ1) is 18.0. The van der Waals surface area contributed by atoms with Crippen molar-refractivity contribution < 1.29 is 27.2 Å². The van der Waals surface area contributed by atoms with Gasteiger partial charge in [0.2, 0.25) is 0 Å². The van der Waals surface area contributed by atoms with Crippen LogP contribution in [0.1, 0.15) is 25.9 Å². The Balaban J connectivity index is 1.63. The van der Waals surface area contributed by atoms with Gasteiger partial charge in [-0.25, -0.2) is 9.37 Å². The van der Waals surface area contributed by atoms with Crippen molar-refractivity contribution in [2.75, 3.05) is 5.32 Å². The third-order valence-electron chi connectivity index (χ3n) is 5.53. The quantitative estimate of drug-likeness (QED) is 0.213. The number of halogens is 5. The van der Waals surface area contributed by atoms with E-state index in [0.717, 1.165) is 18.2 Å². The van der Waals surface area contributed by atoms with Crippen molar-refractivity contribution in [1.29, 1.82) is 0 Å². The molecule has 0 aliphatic carbocycles. The SMILES string of the molecule is NC(=O)c1sc2nc(C(F)(F)F)cc(-c3ccc(F)cc3)c2c1NC(=O)c1cc(-c2ccc(Cl)cc2)n[nH]1. The zero-order valence-corrected chi connectivity index (χ0v) is 20.4. The van der Waals surface area contributed by atoms with Crippen LogP contribution >= 0.6 is 22.9 Å². The van der Waals surface area contributed by atoms with E-state index < -0.39 is 29.5 Å². The Bertz CT molecular complexity index is 1700. The average molecular weight is 560 g/mol. The van der Waals surface area contributed by atoms with Gasteiger partial charge in [0, 0.05) is 16.0 Å². The lowest BCUT2D eigenvalue weighted by Crippen LogP contribution is -2.17. The van der Waals surface area contributed by atoms with Crippen LogP contribution in [0.4, 0.5) is 23.2 Å². The number of benzene rings is 2. The lowest BCUT2D eigenvalue weighted by Gasteiger charge is -2.12. The minimum Gasteiger partial charge on any atom is -0.365 e. The van der Waals surface area contributed by atoms with Crippen LogP contribution in [0, 0.1) is 5.82 Å². The zero-order chi connectivity index (χ0) is 27.2. The number of amides is 2. The minimum atomic E-state index is -4.81. The van der Waals surface area contributed by atoms with Gasteiger partial charge in [-0.15, -0.1) is 11.3 Å². The number of anilines is 1. The molecule has 13 heteroatoms. The smallest absolute Gasteiger partial charge is 0.365 e. The lowest BCUT2D eigenvalue weighted by atomic mass is 10.0. The second kappa shape index (κ2) is 9.54. The molecule has 0 unspecified atom stereocenters. The largest absolute Gasteiger partial charge is 0.433 e. The van der Waals surface area contributed by atoms with Crippen LogP contribution < -0.4 is 11.1 Å². The van der Waals surface area contributed by atoms with Crippen LogP contribution in [-0.4, -0.2) is 27.0 Å². The van der Waals surface area contributed by atoms with Crippen molar-refractivity contribution in [3.8, 4) is 22.4 Å². The number of aromatic amines is 1. The summed E-state index contributed by atoms with van der Waals surface area (Å²) < 4.78 is 54.5. The molecule has 5 aromatic rings. The number of nitrogens with two attached hydrogens (primary N) is 1. The number of thiophene rings is 1. The molecule has 192 valence electrons. The van der Waals surface area contributed by atoms with Crippen molar-refractivity contribution in [3.63, 3.8) is 0 Å². The van der Waals surface area contributed by atoms with Gasteiger partial charge in [0.25, 0.3) is 11.8 Å². The van der Waals surface area contributed by atoms with Crippen molar-refractivity contribution in [2.24, 2.45) is 5.73 Å². The fourth-order valence-electron chi connectivity index (χ4n) is 3.78. The number of primary amides is 1. The summed E-state index contributed by atoms with van der Waals surface area (Å²) in [4.78, 5) is 28.7. The van der Waals surface area contributed by atoms with Crippen molar-refractivity contribution in [1.82, 2.24) is 15.2 Å². The normalized spacial score (nSPS) is 11.6. The lowest BCUT2D eigenvalue weighted by molar-refractivity contribution is -0.140. The summed E-state index contributed by atoms with van der Waals surface area (Å²) in [6.07, 6.45) is -4.81. The van der Waals surface area contributed by atoms with Gasteiger partial charge in [0.05, 0.1) is 11.4 Å². The number of alkyl halides is 3. The maximum atomic E-state index is 13.6. The monoisotopic (exact) mass is 559 g/mol. The van der Waals surface area contributed by atoms with E-state index in [1.807, 2.05) is 0 Å². The molecule has 0 spiro atoms. The maximum absolute atomic E-state index is 13.6. The topological polar surface area (TPSA) is 114 Å². The number of hydrogen-bond acceptors (Lipinski definition) is 5. The minimum absolute atomic E-state index is 0.00734. The molecular weight excluding hydrogens is 546 g/mol. The number of pyridine rings is 1. The second-order valence-corrected chi connectivity index (χ2v) is 9.47. The molecule has 2 amide bonds. The summed E-state index contributed by atoms with van der Waals surface area (Å²) in [6, 6.07) is 13.7. The van der Waals surface area contributed by atoms with Crippen LogP contribution in [0.3, 0.4) is 0 Å². The van der Waals surface area contributed by atoms with Crippen LogP contribution in [0.15, 0.2) is 60.7 Å². The summed E-state index contributed by atoms with van der Waals surface area (Å²) in [5.41, 5.74) is 5.46. The van der Waals surface area contributed by atoms with Gasteiger partial charge in [-0.3, -0.25) is 14.7 Å². The Hall–Kier alpha value is -4.29. The number of nitrogens with zero attached hydrogens (tertiary/aromatic N) is 2. The Morgan fingerprint density at radius 2 is 1.66 bits per heavy atom. The van der Waals surface area contributed by atoms with Gasteiger partial charge in [-0.2, -0.15) is 18.3 Å². The standard InChI is InChI=1S/C25H14ClF4N5O2S/c26-13-5-1-12(2-6-13)16-10-17(35-34-16)23(37)33-20-19-15(11-3-7-14(27)8-4-11)9-18(25(28,29)30)32-24(19)38-21(20)22(31)36/h1-10H,(H2,31,36)(H,33,37)(H,34,35). The fourth-order valence-corrected chi connectivity index (χ4v) is 4.91. The summed E-state index contributed by atoms with van der Waals surface area (Å²) in [7, 11) is 0. The summed E-state index contributed by atoms with van der Waals surface area (Å²) in [5.74, 6) is -2.30. The van der Waals surface area contributed by atoms with Crippen LogP contribution in [0.2, 0.25) is 5.02 Å². The molecule has 3 aromatic heterocycles. The van der Waals surface area contributed by atoms with E-state index in [-0.39, 0.29) is 37.6 Å². The molecule has 0 aliphatic heterocycles. The molecule has 0 saturated heterocycles. The zero-order valence-electron chi connectivity index (χ0n) is 18.9. The second-order valence-electron chi connectivity index (χ2n) is 8.04. The first-order valence-corrected chi connectivity index (χ1v) is 11.9. The molecule has 5 rings (SSSR count). The van der Waals surface area contributed by atoms with Gasteiger partial charge < -0.3 is 11.1 Å². The number of rotatable bonds is 5. The number of carbonyl (C=O) groups excluding carboxylic acids is 2. The summed E-state index contributed by atoms with van der Waals surface area (Å²) >= 11 is 6.51. The number of aromatic nitrogens is 3. The first kappa shape index (κ1) is 25.4. The number of H-pyrrole nitrogens is 1. The van der Waals surface area contributed by atoms with E-state index in [1.54, 1.807) is 24.3 Å². The molecule has 0 atom stereocenters. The first-order valence-electron chi connectivity index (χ1n) is 10.7. The van der Waals surface area contributed by atoms with E-state index in [0.29, 0.717) is 27.6 Å². The number of nitrogens with one attached hydrogen (secondary N) is 2. The van der Waals surface area contributed by atoms with E-state index in [1.165, 1.54) is 18.2 Å². The maximum Gasteiger partial charge on any atom is 0.433 e. The van der Waals surface area contributed by atoms with E-state index in [4.69, 9.17) is 17.3 Å². The van der Waals surface area contributed by atoms with Gasteiger partial charge >= 0.3 is 6.18 Å². The summed E-state index contributed by atoms with van der Waals surface area (Å²) in [5, 5.41) is 9.84. The molecule has 7 nitrogen and oxygen atoms in total. The van der Waals surface area contributed by atoms with Crippen molar-refractivity contribution in [2.45, 2.75) is 6.18 Å². The highest BCUT2D eigenvalue weighted by Crippen LogP contribution is 2.43. The van der Waals surface area contributed by atoms with E-state index in [2.05, 4.69) is 20.5 Å². The Kier molecular flexibility index (Phi) is 6.37. The molecular formula is C25H14ClF4N5O2S. The highest BCUT2D eigenvalue weighted by atomic mass is 35.5. The fraction of sp³-hybridized carbons (Fsp3) is 0.0400. The van der Waals surface area contributed by atoms with Gasteiger partial charge in [0.15, 0.2) is 0 Å². The molecule has 0 fully saturated rings. The number of fused-ring (bicyclic) bond motifs is 1. The molecule has 2 aromatic carbocycles. The van der Waals surface area contributed by atoms with E-state index in [9.17, 15) is 27.2 Å². The summed E-state index contributed by atoms with van der Waals surface area (Å²) in [6.45, 7) is 0. The molecule has 38 heavy (non-hydrogen) atoms. The predicted molar refractivity (Wildman–Crippen MR) is 136 cm³/mol. The third-order valence-corrected chi connectivity index (χ3v) is 6.88. The highest BCUT2D eigenvalue weighted by Gasteiger charge is 2.35. The Morgan fingerprint density at radius 1 is 1.00 bits per heavy atom.